The van der Waals surface area contributed by atoms with Gasteiger partial charge in [0.1, 0.15) is 5.67 Å². The number of carbonyl (C=O) groups is 1. The second-order valence-corrected chi connectivity index (χ2v) is 3.44. The van der Waals surface area contributed by atoms with Crippen molar-refractivity contribution in [1.82, 2.24) is 4.90 Å². The number of likely N-dealkylation sites (tertiary alicyclic amines) is 1. The lowest BCUT2D eigenvalue weighted by Crippen LogP contribution is -2.33. The van der Waals surface area contributed by atoms with Crippen molar-refractivity contribution in [1.29, 1.82) is 0 Å². The standard InChI is InChI=1S/C9H14FNO/c1-4-9(10)5-7(2)11(6-9)8(3)12/h4,7H,1,5-6H2,2-3H3/t7-,9?/m1/s1. The molecule has 0 aliphatic carbocycles. The Bertz CT molecular complexity index is 217. The van der Waals surface area contributed by atoms with Gasteiger partial charge in [-0.25, -0.2) is 4.39 Å². The second-order valence-electron chi connectivity index (χ2n) is 3.44. The van der Waals surface area contributed by atoms with Crippen LogP contribution in [0.2, 0.25) is 0 Å². The number of hydrogen-bond donors (Lipinski definition) is 0. The first-order chi connectivity index (χ1) is 5.48. The average molecular weight is 171 g/mol. The summed E-state index contributed by atoms with van der Waals surface area (Å²) in [6.07, 6.45) is 1.67. The average Bonchev–Trinajstić information content (AvgIpc) is 2.28. The summed E-state index contributed by atoms with van der Waals surface area (Å²) >= 11 is 0. The van der Waals surface area contributed by atoms with Gasteiger partial charge in [-0.2, -0.15) is 0 Å². The summed E-state index contributed by atoms with van der Waals surface area (Å²) in [5, 5.41) is 0. The number of alkyl halides is 1. The molecule has 1 aliphatic heterocycles. The van der Waals surface area contributed by atoms with Crippen LogP contribution in [0.4, 0.5) is 4.39 Å². The summed E-state index contributed by atoms with van der Waals surface area (Å²) < 4.78 is 13.6. The molecule has 1 fully saturated rings. The minimum absolute atomic E-state index is 0.00880. The van der Waals surface area contributed by atoms with Crippen molar-refractivity contribution in [2.75, 3.05) is 6.54 Å². The summed E-state index contributed by atoms with van der Waals surface area (Å²) in [5.74, 6) is -0.0659. The molecular formula is C9H14FNO. The zero-order chi connectivity index (χ0) is 9.35. The highest BCUT2D eigenvalue weighted by Gasteiger charge is 2.41. The predicted octanol–water partition coefficient (Wildman–Crippen LogP) is 1.52. The van der Waals surface area contributed by atoms with E-state index in [1.807, 2.05) is 6.92 Å². The second kappa shape index (κ2) is 2.88. The number of rotatable bonds is 1. The molecule has 0 radical (unpaired) electrons. The highest BCUT2D eigenvalue weighted by atomic mass is 19.1. The van der Waals surface area contributed by atoms with E-state index in [4.69, 9.17) is 0 Å². The maximum Gasteiger partial charge on any atom is 0.219 e. The third-order valence-electron chi connectivity index (χ3n) is 2.37. The van der Waals surface area contributed by atoms with Gasteiger partial charge in [0.15, 0.2) is 0 Å². The summed E-state index contributed by atoms with van der Waals surface area (Å²) in [5.41, 5.74) is -1.37. The Morgan fingerprint density at radius 2 is 2.42 bits per heavy atom. The quantitative estimate of drug-likeness (QED) is 0.548. The van der Waals surface area contributed by atoms with Crippen molar-refractivity contribution in [2.24, 2.45) is 0 Å². The third kappa shape index (κ3) is 1.49. The lowest BCUT2D eigenvalue weighted by molar-refractivity contribution is -0.129. The van der Waals surface area contributed by atoms with E-state index in [0.29, 0.717) is 6.42 Å². The highest BCUT2D eigenvalue weighted by Crippen LogP contribution is 2.31. The molecule has 0 aromatic heterocycles. The first-order valence-electron chi connectivity index (χ1n) is 4.08. The molecule has 1 amide bonds. The summed E-state index contributed by atoms with van der Waals surface area (Å²) in [4.78, 5) is 12.5. The molecule has 0 aromatic carbocycles. The van der Waals surface area contributed by atoms with E-state index in [2.05, 4.69) is 6.58 Å². The van der Waals surface area contributed by atoms with E-state index in [1.54, 1.807) is 4.90 Å². The Morgan fingerprint density at radius 3 is 2.67 bits per heavy atom. The fourth-order valence-electron chi connectivity index (χ4n) is 1.67. The molecule has 1 heterocycles. The van der Waals surface area contributed by atoms with Crippen molar-refractivity contribution < 1.29 is 9.18 Å². The van der Waals surface area contributed by atoms with E-state index in [-0.39, 0.29) is 18.5 Å². The van der Waals surface area contributed by atoms with Crippen LogP contribution in [0.25, 0.3) is 0 Å². The molecule has 2 atom stereocenters. The normalized spacial score (nSPS) is 35.2. The molecule has 12 heavy (non-hydrogen) atoms. The van der Waals surface area contributed by atoms with Gasteiger partial charge < -0.3 is 4.90 Å². The smallest absolute Gasteiger partial charge is 0.219 e. The number of hydrogen-bond acceptors (Lipinski definition) is 1. The Morgan fingerprint density at radius 1 is 1.83 bits per heavy atom. The Balaban J connectivity index is 2.74. The van der Waals surface area contributed by atoms with Crippen LogP contribution in [-0.2, 0) is 4.79 Å². The van der Waals surface area contributed by atoms with Crippen LogP contribution in [0.5, 0.6) is 0 Å². The topological polar surface area (TPSA) is 20.3 Å². The monoisotopic (exact) mass is 171 g/mol. The summed E-state index contributed by atoms with van der Waals surface area (Å²) in [7, 11) is 0. The molecule has 3 heteroatoms. The number of nitrogens with zero attached hydrogens (tertiary/aromatic N) is 1. The van der Waals surface area contributed by atoms with Gasteiger partial charge in [0, 0.05) is 19.4 Å². The van der Waals surface area contributed by atoms with Gasteiger partial charge in [-0.1, -0.05) is 12.7 Å². The molecule has 1 saturated heterocycles. The molecule has 0 aromatic rings. The van der Waals surface area contributed by atoms with Gasteiger partial charge in [0.2, 0.25) is 5.91 Å². The van der Waals surface area contributed by atoms with E-state index in [9.17, 15) is 9.18 Å². The fourth-order valence-corrected chi connectivity index (χ4v) is 1.67. The van der Waals surface area contributed by atoms with Crippen molar-refractivity contribution in [3.8, 4) is 0 Å². The van der Waals surface area contributed by atoms with Crippen molar-refractivity contribution in [3.05, 3.63) is 12.7 Å². The Hall–Kier alpha value is -0.860. The van der Waals surface area contributed by atoms with E-state index in [0.717, 1.165) is 0 Å². The molecule has 1 rings (SSSR count). The van der Waals surface area contributed by atoms with Crippen molar-refractivity contribution in [3.63, 3.8) is 0 Å². The van der Waals surface area contributed by atoms with Gasteiger partial charge in [-0.15, -0.1) is 0 Å². The molecule has 0 saturated carbocycles. The lowest BCUT2D eigenvalue weighted by Gasteiger charge is -2.18. The maximum absolute atomic E-state index is 13.6. The zero-order valence-corrected chi connectivity index (χ0v) is 7.51. The Kier molecular flexibility index (Phi) is 2.22. The van der Waals surface area contributed by atoms with Crippen LogP contribution < -0.4 is 0 Å². The number of amides is 1. The fraction of sp³-hybridized carbons (Fsp3) is 0.667. The van der Waals surface area contributed by atoms with Crippen LogP contribution in [0.15, 0.2) is 12.7 Å². The van der Waals surface area contributed by atoms with Crippen LogP contribution >= 0.6 is 0 Å². The minimum atomic E-state index is -1.37. The van der Waals surface area contributed by atoms with Crippen molar-refractivity contribution in [2.45, 2.75) is 32.0 Å². The van der Waals surface area contributed by atoms with Crippen LogP contribution in [0, 0.1) is 0 Å². The van der Waals surface area contributed by atoms with Gasteiger partial charge in [-0.05, 0) is 6.92 Å². The van der Waals surface area contributed by atoms with E-state index >= 15 is 0 Å². The van der Waals surface area contributed by atoms with Gasteiger partial charge in [0.25, 0.3) is 0 Å². The molecule has 0 spiro atoms. The highest BCUT2D eigenvalue weighted by molar-refractivity contribution is 5.74. The molecule has 1 aliphatic rings. The van der Waals surface area contributed by atoms with Gasteiger partial charge in [0.05, 0.1) is 6.54 Å². The van der Waals surface area contributed by atoms with Crippen LogP contribution in [-0.4, -0.2) is 29.1 Å². The number of halogens is 1. The van der Waals surface area contributed by atoms with E-state index in [1.165, 1.54) is 13.0 Å². The van der Waals surface area contributed by atoms with Crippen molar-refractivity contribution >= 4 is 5.91 Å². The molecular weight excluding hydrogens is 157 g/mol. The summed E-state index contributed by atoms with van der Waals surface area (Å²) in [6, 6.07) is -0.00880. The first-order valence-corrected chi connectivity index (χ1v) is 4.08. The zero-order valence-electron chi connectivity index (χ0n) is 7.51. The molecule has 2 nitrogen and oxygen atoms in total. The largest absolute Gasteiger partial charge is 0.337 e. The van der Waals surface area contributed by atoms with E-state index < -0.39 is 5.67 Å². The lowest BCUT2D eigenvalue weighted by atomic mass is 10.0. The molecule has 0 N–H and O–H groups in total. The van der Waals surface area contributed by atoms with Gasteiger partial charge in [-0.3, -0.25) is 4.79 Å². The molecule has 1 unspecified atom stereocenters. The SMILES string of the molecule is C=CC1(F)C[C@@H](C)N(C(C)=O)C1. The molecule has 68 valence electrons. The first kappa shape index (κ1) is 9.23. The predicted molar refractivity (Wildman–Crippen MR) is 45.5 cm³/mol. The molecule has 0 bridgehead atoms. The Labute approximate surface area is 72.1 Å². The maximum atomic E-state index is 13.6. The third-order valence-corrected chi connectivity index (χ3v) is 2.37. The van der Waals surface area contributed by atoms with Crippen LogP contribution in [0.3, 0.4) is 0 Å². The minimum Gasteiger partial charge on any atom is -0.337 e. The van der Waals surface area contributed by atoms with Gasteiger partial charge >= 0.3 is 0 Å². The van der Waals surface area contributed by atoms with Crippen LogP contribution in [0.1, 0.15) is 20.3 Å². The number of carbonyl (C=O) groups excluding carboxylic acids is 1. The summed E-state index contributed by atoms with van der Waals surface area (Å²) in [6.45, 7) is 6.91.